The predicted molar refractivity (Wildman–Crippen MR) is 145 cm³/mol. The molecule has 3 atom stereocenters. The van der Waals surface area contributed by atoms with Gasteiger partial charge in [-0.05, 0) is 13.3 Å². The lowest BCUT2D eigenvalue weighted by Gasteiger charge is -2.29. The molecule has 0 radical (unpaired) electrons. The smallest absolute Gasteiger partial charge is 0.380 e. The van der Waals surface area contributed by atoms with E-state index in [-0.39, 0.29) is 6.61 Å². The first-order chi connectivity index (χ1) is 16.6. The highest BCUT2D eigenvalue weighted by Gasteiger charge is 2.36. The monoisotopic (exact) mass is 524 g/mol. The molecule has 0 aliphatic carbocycles. The normalized spacial score (nSPS) is 15.8. The Morgan fingerprint density at radius 2 is 1.17 bits per heavy atom. The van der Waals surface area contributed by atoms with E-state index in [0.29, 0.717) is 17.6 Å². The number of unbranched alkanes of at least 4 members (excludes halogenated alkanes) is 15. The molecule has 0 aliphatic heterocycles. The second-order valence-electron chi connectivity index (χ2n) is 10.9. The first-order valence-electron chi connectivity index (χ1n) is 14.2. The van der Waals surface area contributed by atoms with Gasteiger partial charge in [-0.2, -0.15) is 9.42 Å². The molecule has 0 aromatic heterocycles. The van der Waals surface area contributed by atoms with Crippen molar-refractivity contribution in [2.24, 2.45) is 0 Å². The number of nitrogens with zero attached hydrogens (tertiary/aromatic N) is 1. The highest BCUT2D eigenvalue weighted by Crippen LogP contribution is 2.49. The van der Waals surface area contributed by atoms with E-state index < -0.39 is 20.6 Å². The Morgan fingerprint density at radius 1 is 0.743 bits per heavy atom. The van der Waals surface area contributed by atoms with Gasteiger partial charge in [0.05, 0.1) is 27.7 Å². The van der Waals surface area contributed by atoms with Crippen LogP contribution in [0.3, 0.4) is 0 Å². The van der Waals surface area contributed by atoms with Gasteiger partial charge < -0.3 is 18.9 Å². The Balaban J connectivity index is 3.75. The molecule has 0 fully saturated rings. The minimum atomic E-state index is -4.21. The van der Waals surface area contributed by atoms with Crippen molar-refractivity contribution in [3.8, 4) is 0 Å². The number of rotatable bonds is 26. The Hall–Kier alpha value is 0.150. The van der Waals surface area contributed by atoms with Crippen molar-refractivity contribution in [3.05, 3.63) is 0 Å². The lowest BCUT2D eigenvalue weighted by atomic mass is 10.0. The van der Waals surface area contributed by atoms with Gasteiger partial charge >= 0.3 is 8.17 Å². The van der Waals surface area contributed by atoms with Gasteiger partial charge in [0, 0.05) is 7.11 Å². The average Bonchev–Trinajstić information content (AvgIpc) is 2.78. The van der Waals surface area contributed by atoms with Crippen LogP contribution >= 0.6 is 8.17 Å². The van der Waals surface area contributed by atoms with E-state index in [1.807, 2.05) is 21.1 Å². The maximum atomic E-state index is 12.3. The van der Waals surface area contributed by atoms with Crippen LogP contribution in [0.2, 0.25) is 0 Å². The fourth-order valence-electron chi connectivity index (χ4n) is 3.80. The zero-order valence-corrected chi connectivity index (χ0v) is 24.9. The maximum absolute atomic E-state index is 12.3. The van der Waals surface area contributed by atoms with Crippen molar-refractivity contribution < 1.29 is 32.8 Å². The summed E-state index contributed by atoms with van der Waals surface area (Å²) in [6.07, 6.45) is 19.6. The van der Waals surface area contributed by atoms with Crippen molar-refractivity contribution in [1.29, 1.82) is 0 Å². The van der Waals surface area contributed by atoms with Crippen LogP contribution < -0.4 is 4.89 Å². The fourth-order valence-corrected chi connectivity index (χ4v) is 4.67. The SMILES string of the molecule is CCCCCCCCCCCCCCCCCCOC(O[P+]([O-])(O)OCC[N+](C)(C)C)[C@H](C)OC. The van der Waals surface area contributed by atoms with Gasteiger partial charge in [0.1, 0.15) is 19.3 Å². The van der Waals surface area contributed by atoms with Crippen LogP contribution in [-0.4, -0.2) is 69.8 Å². The zero-order chi connectivity index (χ0) is 26.4. The van der Waals surface area contributed by atoms with Crippen molar-refractivity contribution in [1.82, 2.24) is 0 Å². The van der Waals surface area contributed by atoms with E-state index >= 15 is 0 Å². The number of methoxy groups -OCH3 is 1. The van der Waals surface area contributed by atoms with E-state index in [4.69, 9.17) is 18.5 Å². The quantitative estimate of drug-likeness (QED) is 0.0611. The molecule has 0 amide bonds. The van der Waals surface area contributed by atoms with Gasteiger partial charge in [0.25, 0.3) is 0 Å². The first kappa shape index (κ1) is 35.2. The summed E-state index contributed by atoms with van der Waals surface area (Å²) in [6.45, 7) is 5.22. The van der Waals surface area contributed by atoms with Gasteiger partial charge in [-0.15, -0.1) is 4.52 Å². The predicted octanol–water partition coefficient (Wildman–Crippen LogP) is 6.40. The van der Waals surface area contributed by atoms with Crippen LogP contribution in [-0.2, 0) is 18.5 Å². The van der Waals surface area contributed by atoms with Crippen molar-refractivity contribution >= 4 is 8.17 Å². The van der Waals surface area contributed by atoms with Crippen LogP contribution in [0, 0.1) is 0 Å². The third-order valence-electron chi connectivity index (χ3n) is 6.29. The number of phosphoric acid groups is 1. The molecule has 7 nitrogen and oxygen atoms in total. The van der Waals surface area contributed by atoms with Crippen LogP contribution in [0.25, 0.3) is 0 Å². The summed E-state index contributed by atoms with van der Waals surface area (Å²) < 4.78 is 22.0. The summed E-state index contributed by atoms with van der Waals surface area (Å²) in [5.74, 6) is 0. The van der Waals surface area contributed by atoms with E-state index in [1.54, 1.807) is 6.92 Å². The molecule has 2 unspecified atom stereocenters. The average molecular weight is 525 g/mol. The molecule has 0 bridgehead atoms. The Bertz CT molecular complexity index is 461. The topological polar surface area (TPSA) is 80.2 Å². The molecule has 35 heavy (non-hydrogen) atoms. The Morgan fingerprint density at radius 3 is 1.57 bits per heavy atom. The van der Waals surface area contributed by atoms with E-state index in [0.717, 1.165) is 12.8 Å². The summed E-state index contributed by atoms with van der Waals surface area (Å²) in [4.78, 5) is 22.3. The van der Waals surface area contributed by atoms with Crippen molar-refractivity contribution in [2.45, 2.75) is 129 Å². The maximum Gasteiger partial charge on any atom is 0.380 e. The summed E-state index contributed by atoms with van der Waals surface area (Å²) >= 11 is 0. The third-order valence-corrected chi connectivity index (χ3v) is 7.27. The fraction of sp³-hybridized carbons (Fsp3) is 1.00. The van der Waals surface area contributed by atoms with Gasteiger partial charge in [-0.3, -0.25) is 0 Å². The van der Waals surface area contributed by atoms with Gasteiger partial charge in [-0.1, -0.05) is 103 Å². The Kier molecular flexibility index (Phi) is 22.3. The number of ether oxygens (including phenoxy) is 2. The van der Waals surface area contributed by atoms with Crippen LogP contribution in [0.5, 0.6) is 0 Å². The van der Waals surface area contributed by atoms with Crippen LogP contribution in [0.4, 0.5) is 0 Å². The first-order valence-corrected chi connectivity index (χ1v) is 15.7. The zero-order valence-electron chi connectivity index (χ0n) is 24.0. The van der Waals surface area contributed by atoms with Gasteiger partial charge in [0.2, 0.25) is 6.29 Å². The van der Waals surface area contributed by atoms with Crippen LogP contribution in [0.1, 0.15) is 117 Å². The number of hydrogen-bond acceptors (Lipinski definition) is 6. The Labute approximate surface area is 218 Å². The van der Waals surface area contributed by atoms with Gasteiger partial charge in [0.15, 0.2) is 0 Å². The summed E-state index contributed by atoms with van der Waals surface area (Å²) in [6, 6.07) is 0. The van der Waals surface area contributed by atoms with E-state index in [9.17, 15) is 9.79 Å². The minimum Gasteiger partial charge on any atom is -0.606 e. The standard InChI is InChI=1S/C27H58NO6P/c1-7-8-9-10-11-12-13-14-15-16-17-18-19-20-21-22-24-32-27(26(2)31-6)34-35(29,30)33-25-23-28(3,4)5/h26-27H,7-25H2,1-6H3/p+1/t26-,27?/m0/s1. The molecule has 212 valence electrons. The minimum absolute atomic E-state index is 0.129. The molecule has 0 heterocycles. The van der Waals surface area contributed by atoms with Gasteiger partial charge in [-0.25, -0.2) is 0 Å². The summed E-state index contributed by atoms with van der Waals surface area (Å²) in [7, 11) is 3.29. The van der Waals surface area contributed by atoms with E-state index in [1.165, 1.54) is 97.0 Å². The lowest BCUT2D eigenvalue weighted by molar-refractivity contribution is -0.870. The number of likely N-dealkylation sites (N-methyl/N-ethyl adjacent to an activating group) is 1. The molecule has 8 heteroatoms. The highest BCUT2D eigenvalue weighted by atomic mass is 31.2. The second kappa shape index (κ2) is 22.2. The molecule has 0 spiro atoms. The molecule has 1 N–H and O–H groups in total. The number of quaternary nitrogens is 1. The summed E-state index contributed by atoms with van der Waals surface area (Å²) in [5, 5.41) is 0. The molecule has 0 saturated heterocycles. The summed E-state index contributed by atoms with van der Waals surface area (Å²) in [5.41, 5.74) is 0. The highest BCUT2D eigenvalue weighted by molar-refractivity contribution is 7.52. The number of phosphoric ester groups is 1. The molecular formula is C27H59NO6P+. The van der Waals surface area contributed by atoms with E-state index in [2.05, 4.69) is 6.92 Å². The van der Waals surface area contributed by atoms with Crippen LogP contribution in [0.15, 0.2) is 0 Å². The molecule has 0 aromatic carbocycles. The molecule has 0 saturated carbocycles. The van der Waals surface area contributed by atoms with Crippen molar-refractivity contribution in [3.63, 3.8) is 0 Å². The molecule has 0 aromatic rings. The number of hydrogen-bond donors (Lipinski definition) is 1. The molecular weight excluding hydrogens is 465 g/mol. The lowest BCUT2D eigenvalue weighted by Crippen LogP contribution is -2.39. The van der Waals surface area contributed by atoms with Crippen molar-refractivity contribution in [2.75, 3.05) is 48.0 Å². The third kappa shape index (κ3) is 24.3. The molecule has 0 rings (SSSR count). The largest absolute Gasteiger partial charge is 0.606 e. The molecule has 0 aliphatic rings. The second-order valence-corrected chi connectivity index (χ2v) is 12.3.